The van der Waals surface area contributed by atoms with Gasteiger partial charge in [-0.3, -0.25) is 0 Å². The molecule has 0 aliphatic carbocycles. The lowest BCUT2D eigenvalue weighted by Gasteiger charge is -2.33. The van der Waals surface area contributed by atoms with Crippen LogP contribution in [0.3, 0.4) is 0 Å². The second-order valence-corrected chi connectivity index (χ2v) is 5.97. The molecule has 2 atom stereocenters. The van der Waals surface area contributed by atoms with Gasteiger partial charge >= 0.3 is 0 Å². The highest BCUT2D eigenvalue weighted by molar-refractivity contribution is 9.11. The largest absolute Gasteiger partial charge is 0.391 e. The number of halogens is 1. The molecule has 0 spiro atoms. The zero-order valence-corrected chi connectivity index (χ0v) is 10.3. The van der Waals surface area contributed by atoms with Crippen LogP contribution in [0.1, 0.15) is 13.3 Å². The van der Waals surface area contributed by atoms with Crippen LogP contribution in [0.4, 0.5) is 5.13 Å². The lowest BCUT2D eigenvalue weighted by Crippen LogP contribution is -2.42. The van der Waals surface area contributed by atoms with Crippen LogP contribution < -0.4 is 4.90 Å². The molecule has 0 aromatic carbocycles. The Morgan fingerprint density at radius 3 is 2.86 bits per heavy atom. The molecular formula is C8H12BrN3OS. The van der Waals surface area contributed by atoms with E-state index in [-0.39, 0.29) is 6.10 Å². The molecular weight excluding hydrogens is 266 g/mol. The van der Waals surface area contributed by atoms with Gasteiger partial charge in [-0.25, -0.2) is 0 Å². The molecule has 1 aromatic rings. The summed E-state index contributed by atoms with van der Waals surface area (Å²) in [6.07, 6.45) is 0.651. The van der Waals surface area contributed by atoms with Gasteiger partial charge in [0.25, 0.3) is 0 Å². The number of piperidine rings is 1. The van der Waals surface area contributed by atoms with Gasteiger partial charge in [0.15, 0.2) is 3.92 Å². The van der Waals surface area contributed by atoms with E-state index in [0.717, 1.165) is 22.0 Å². The van der Waals surface area contributed by atoms with Crippen LogP contribution in [-0.4, -0.2) is 34.5 Å². The van der Waals surface area contributed by atoms with Crippen molar-refractivity contribution in [3.05, 3.63) is 3.92 Å². The number of nitrogens with zero attached hydrogens (tertiary/aromatic N) is 3. The number of aliphatic hydroxyl groups is 1. The van der Waals surface area contributed by atoms with E-state index in [1.165, 1.54) is 11.3 Å². The van der Waals surface area contributed by atoms with Crippen LogP contribution in [0.5, 0.6) is 0 Å². The predicted molar refractivity (Wildman–Crippen MR) is 59.6 cm³/mol. The molecule has 4 nitrogen and oxygen atoms in total. The number of hydrogen-bond acceptors (Lipinski definition) is 5. The van der Waals surface area contributed by atoms with Crippen LogP contribution >= 0.6 is 27.3 Å². The van der Waals surface area contributed by atoms with Gasteiger partial charge in [-0.1, -0.05) is 18.3 Å². The third-order valence-electron chi connectivity index (χ3n) is 2.30. The first kappa shape index (κ1) is 10.3. The second-order valence-electron chi connectivity index (χ2n) is 3.74. The van der Waals surface area contributed by atoms with E-state index in [1.54, 1.807) is 0 Å². The van der Waals surface area contributed by atoms with E-state index in [9.17, 15) is 5.11 Å². The standard InChI is InChI=1S/C8H12BrN3OS/c1-5-2-6(13)4-12(3-5)8-11-10-7(9)14-8/h5-6,13H,2-4H2,1H3. The maximum Gasteiger partial charge on any atom is 0.209 e. The summed E-state index contributed by atoms with van der Waals surface area (Å²) in [4.78, 5) is 2.10. The quantitative estimate of drug-likeness (QED) is 0.846. The van der Waals surface area contributed by atoms with Crippen molar-refractivity contribution in [3.63, 3.8) is 0 Å². The number of aromatic nitrogens is 2. The molecule has 2 rings (SSSR count). The first-order chi connectivity index (χ1) is 6.65. The molecule has 1 N–H and O–H groups in total. The van der Waals surface area contributed by atoms with Gasteiger partial charge in [0.2, 0.25) is 5.13 Å². The van der Waals surface area contributed by atoms with Gasteiger partial charge in [0, 0.05) is 13.1 Å². The van der Waals surface area contributed by atoms with Crippen LogP contribution in [0.25, 0.3) is 0 Å². The van der Waals surface area contributed by atoms with E-state index < -0.39 is 0 Å². The molecule has 2 unspecified atom stereocenters. The lowest BCUT2D eigenvalue weighted by molar-refractivity contribution is 0.132. The Hall–Kier alpha value is -0.200. The smallest absolute Gasteiger partial charge is 0.209 e. The van der Waals surface area contributed by atoms with Crippen molar-refractivity contribution in [2.45, 2.75) is 19.4 Å². The summed E-state index contributed by atoms with van der Waals surface area (Å²) in [5.41, 5.74) is 0. The van der Waals surface area contributed by atoms with E-state index in [4.69, 9.17) is 0 Å². The van der Waals surface area contributed by atoms with E-state index in [0.29, 0.717) is 12.5 Å². The Kier molecular flexibility index (Phi) is 3.04. The van der Waals surface area contributed by atoms with Crippen molar-refractivity contribution in [2.75, 3.05) is 18.0 Å². The van der Waals surface area contributed by atoms with Gasteiger partial charge in [-0.05, 0) is 28.3 Å². The maximum atomic E-state index is 9.62. The van der Waals surface area contributed by atoms with Gasteiger partial charge in [0.05, 0.1) is 6.10 Å². The zero-order chi connectivity index (χ0) is 10.1. The van der Waals surface area contributed by atoms with Crippen molar-refractivity contribution in [1.29, 1.82) is 0 Å². The number of aliphatic hydroxyl groups excluding tert-OH is 1. The van der Waals surface area contributed by atoms with E-state index >= 15 is 0 Å². The minimum atomic E-state index is -0.235. The summed E-state index contributed by atoms with van der Waals surface area (Å²) in [6.45, 7) is 3.77. The number of β-amino-alcohol motifs (C(OH)–C–C–N with tert-alkyl or cyclic N) is 1. The van der Waals surface area contributed by atoms with Crippen molar-refractivity contribution in [3.8, 4) is 0 Å². The van der Waals surface area contributed by atoms with Crippen molar-refractivity contribution in [2.24, 2.45) is 5.92 Å². The average Bonchev–Trinajstić information content (AvgIpc) is 2.50. The molecule has 0 bridgehead atoms. The molecule has 1 fully saturated rings. The summed E-state index contributed by atoms with van der Waals surface area (Å²) >= 11 is 4.79. The summed E-state index contributed by atoms with van der Waals surface area (Å²) < 4.78 is 0.792. The molecule has 78 valence electrons. The van der Waals surface area contributed by atoms with Crippen LogP contribution in [-0.2, 0) is 0 Å². The third kappa shape index (κ3) is 2.24. The highest BCUT2D eigenvalue weighted by Gasteiger charge is 2.25. The predicted octanol–water partition coefficient (Wildman–Crippen LogP) is 1.51. The monoisotopic (exact) mass is 277 g/mol. The number of anilines is 1. The summed E-state index contributed by atoms with van der Waals surface area (Å²) in [6, 6.07) is 0. The normalized spacial score (nSPS) is 28.1. The Balaban J connectivity index is 2.10. The van der Waals surface area contributed by atoms with Crippen molar-refractivity contribution >= 4 is 32.4 Å². The lowest BCUT2D eigenvalue weighted by atomic mass is 9.98. The van der Waals surface area contributed by atoms with Crippen LogP contribution in [0.15, 0.2) is 3.92 Å². The Morgan fingerprint density at radius 2 is 2.29 bits per heavy atom. The third-order valence-corrected chi connectivity index (χ3v) is 3.71. The van der Waals surface area contributed by atoms with E-state index in [2.05, 4.69) is 38.0 Å². The molecule has 1 aliphatic rings. The number of hydrogen-bond donors (Lipinski definition) is 1. The summed E-state index contributed by atoms with van der Waals surface area (Å²) in [5.74, 6) is 0.515. The minimum Gasteiger partial charge on any atom is -0.391 e. The zero-order valence-electron chi connectivity index (χ0n) is 7.85. The fraction of sp³-hybridized carbons (Fsp3) is 0.750. The first-order valence-electron chi connectivity index (χ1n) is 4.57. The van der Waals surface area contributed by atoms with Gasteiger partial charge in [-0.2, -0.15) is 0 Å². The molecule has 1 aliphatic heterocycles. The average molecular weight is 278 g/mol. The Bertz CT molecular complexity index is 309. The fourth-order valence-corrected chi connectivity index (χ4v) is 2.91. The number of rotatable bonds is 1. The molecule has 1 aromatic heterocycles. The molecule has 14 heavy (non-hydrogen) atoms. The fourth-order valence-electron chi connectivity index (χ4n) is 1.80. The Morgan fingerprint density at radius 1 is 1.50 bits per heavy atom. The molecule has 0 radical (unpaired) electrons. The molecule has 6 heteroatoms. The van der Waals surface area contributed by atoms with Crippen molar-refractivity contribution in [1.82, 2.24) is 10.2 Å². The highest BCUT2D eigenvalue weighted by Crippen LogP contribution is 2.28. The van der Waals surface area contributed by atoms with Crippen LogP contribution in [0, 0.1) is 5.92 Å². The van der Waals surface area contributed by atoms with Gasteiger partial charge < -0.3 is 10.0 Å². The molecule has 2 heterocycles. The van der Waals surface area contributed by atoms with Crippen molar-refractivity contribution < 1.29 is 5.11 Å². The summed E-state index contributed by atoms with van der Waals surface area (Å²) in [5, 5.41) is 18.5. The highest BCUT2D eigenvalue weighted by atomic mass is 79.9. The SMILES string of the molecule is CC1CC(O)CN(c2nnc(Br)s2)C1. The van der Waals surface area contributed by atoms with Crippen LogP contribution in [0.2, 0.25) is 0 Å². The van der Waals surface area contributed by atoms with E-state index in [1.807, 2.05) is 0 Å². The molecule has 0 saturated carbocycles. The maximum absolute atomic E-state index is 9.62. The first-order valence-corrected chi connectivity index (χ1v) is 6.18. The second kappa shape index (κ2) is 4.12. The summed E-state index contributed by atoms with van der Waals surface area (Å²) in [7, 11) is 0. The van der Waals surface area contributed by atoms with Gasteiger partial charge in [0.1, 0.15) is 0 Å². The molecule has 0 amide bonds. The topological polar surface area (TPSA) is 49.2 Å². The van der Waals surface area contributed by atoms with Gasteiger partial charge in [-0.15, -0.1) is 10.2 Å². The Labute approximate surface area is 95.1 Å². The minimum absolute atomic E-state index is 0.235. The molecule has 1 saturated heterocycles.